The Bertz CT molecular complexity index is 858. The van der Waals surface area contributed by atoms with E-state index in [9.17, 15) is 10.1 Å². The van der Waals surface area contributed by atoms with Crippen molar-refractivity contribution in [2.24, 2.45) is 0 Å². The molecule has 5 heteroatoms. The molecule has 1 saturated heterocycles. The second-order valence-electron chi connectivity index (χ2n) is 7.24. The maximum atomic E-state index is 12.5. The Morgan fingerprint density at radius 3 is 2.25 bits per heavy atom. The average Bonchev–Trinajstić information content (AvgIpc) is 2.73. The molecule has 0 aliphatic carbocycles. The van der Waals surface area contributed by atoms with Crippen molar-refractivity contribution in [2.45, 2.75) is 19.8 Å². The Morgan fingerprint density at radius 1 is 1.04 bits per heavy atom. The van der Waals surface area contributed by atoms with E-state index >= 15 is 0 Å². The van der Waals surface area contributed by atoms with Crippen molar-refractivity contribution in [3.63, 3.8) is 0 Å². The standard InChI is InChI=1S/C23H26N4O/c1-18(2)19-8-10-21(11-9-19)25-23(28)20(16-24)17-26-12-14-27(15-13-26)22-6-4-3-5-7-22/h3-11,17-18H,12-15H2,1-2H3,(H,25,28)/b20-17-. The molecule has 1 N–H and O–H groups in total. The van der Waals surface area contributed by atoms with E-state index < -0.39 is 0 Å². The van der Waals surface area contributed by atoms with Crippen molar-refractivity contribution >= 4 is 17.3 Å². The molecule has 0 saturated carbocycles. The lowest BCUT2D eigenvalue weighted by Crippen LogP contribution is -2.44. The average molecular weight is 374 g/mol. The Labute approximate surface area is 166 Å². The third-order valence-electron chi connectivity index (χ3n) is 4.95. The third kappa shape index (κ3) is 4.92. The molecule has 1 heterocycles. The van der Waals surface area contributed by atoms with E-state index in [0.29, 0.717) is 11.6 Å². The smallest absolute Gasteiger partial charge is 0.267 e. The largest absolute Gasteiger partial charge is 0.373 e. The second-order valence-corrected chi connectivity index (χ2v) is 7.24. The molecule has 1 aliphatic heterocycles. The summed E-state index contributed by atoms with van der Waals surface area (Å²) in [5.41, 5.74) is 3.24. The van der Waals surface area contributed by atoms with Gasteiger partial charge in [-0.2, -0.15) is 5.26 Å². The number of carbonyl (C=O) groups is 1. The molecule has 0 atom stereocenters. The van der Waals surface area contributed by atoms with Crippen molar-refractivity contribution in [1.29, 1.82) is 5.26 Å². The van der Waals surface area contributed by atoms with Crippen LogP contribution in [0.15, 0.2) is 66.4 Å². The fourth-order valence-electron chi connectivity index (χ4n) is 3.22. The van der Waals surface area contributed by atoms with Crippen LogP contribution in [0.4, 0.5) is 11.4 Å². The Morgan fingerprint density at radius 2 is 1.68 bits per heavy atom. The molecule has 2 aromatic rings. The van der Waals surface area contributed by atoms with Gasteiger partial charge in [0.15, 0.2) is 0 Å². The van der Waals surface area contributed by atoms with E-state index in [2.05, 4.69) is 36.2 Å². The summed E-state index contributed by atoms with van der Waals surface area (Å²) >= 11 is 0. The van der Waals surface area contributed by atoms with Gasteiger partial charge in [0.05, 0.1) is 0 Å². The fourth-order valence-corrected chi connectivity index (χ4v) is 3.22. The predicted molar refractivity (Wildman–Crippen MR) is 113 cm³/mol. The van der Waals surface area contributed by atoms with Crippen molar-refractivity contribution in [3.8, 4) is 6.07 Å². The topological polar surface area (TPSA) is 59.4 Å². The molecule has 0 spiro atoms. The molecule has 28 heavy (non-hydrogen) atoms. The number of hydrogen-bond acceptors (Lipinski definition) is 4. The zero-order valence-corrected chi connectivity index (χ0v) is 16.4. The molecule has 2 aromatic carbocycles. The molecule has 144 valence electrons. The summed E-state index contributed by atoms with van der Waals surface area (Å²) in [5.74, 6) is 0.0687. The third-order valence-corrected chi connectivity index (χ3v) is 4.95. The summed E-state index contributed by atoms with van der Waals surface area (Å²) < 4.78 is 0. The number of carbonyl (C=O) groups excluding carboxylic acids is 1. The Balaban J connectivity index is 1.59. The highest BCUT2D eigenvalue weighted by Gasteiger charge is 2.17. The number of benzene rings is 2. The zero-order valence-electron chi connectivity index (χ0n) is 16.4. The van der Waals surface area contributed by atoms with Crippen molar-refractivity contribution < 1.29 is 4.79 Å². The number of nitriles is 1. The zero-order chi connectivity index (χ0) is 19.9. The quantitative estimate of drug-likeness (QED) is 0.635. The summed E-state index contributed by atoms with van der Waals surface area (Å²) in [5, 5.41) is 12.3. The highest BCUT2D eigenvalue weighted by molar-refractivity contribution is 6.06. The highest BCUT2D eigenvalue weighted by Crippen LogP contribution is 2.18. The Kier molecular flexibility index (Phi) is 6.33. The van der Waals surface area contributed by atoms with Gasteiger partial charge in [0.2, 0.25) is 0 Å². The van der Waals surface area contributed by atoms with E-state index in [4.69, 9.17) is 0 Å². The first-order valence-electron chi connectivity index (χ1n) is 9.64. The van der Waals surface area contributed by atoms with Gasteiger partial charge >= 0.3 is 0 Å². The lowest BCUT2D eigenvalue weighted by atomic mass is 10.0. The number of para-hydroxylation sites is 1. The first-order valence-corrected chi connectivity index (χ1v) is 9.64. The number of nitrogens with zero attached hydrogens (tertiary/aromatic N) is 3. The SMILES string of the molecule is CC(C)c1ccc(NC(=O)/C(C#N)=C\N2CCN(c3ccccc3)CC2)cc1. The van der Waals surface area contributed by atoms with Gasteiger partial charge in [-0.3, -0.25) is 4.79 Å². The minimum absolute atomic E-state index is 0.126. The maximum absolute atomic E-state index is 12.5. The molecular formula is C23H26N4O. The highest BCUT2D eigenvalue weighted by atomic mass is 16.1. The molecule has 1 aliphatic rings. The van der Waals surface area contributed by atoms with E-state index in [0.717, 1.165) is 26.2 Å². The summed E-state index contributed by atoms with van der Waals surface area (Å²) in [4.78, 5) is 16.8. The minimum atomic E-state index is -0.370. The lowest BCUT2D eigenvalue weighted by molar-refractivity contribution is -0.112. The van der Waals surface area contributed by atoms with Gasteiger partial charge in [0, 0.05) is 43.8 Å². The van der Waals surface area contributed by atoms with Crippen LogP contribution in [-0.2, 0) is 4.79 Å². The van der Waals surface area contributed by atoms with Crippen LogP contribution in [0, 0.1) is 11.3 Å². The number of rotatable bonds is 5. The minimum Gasteiger partial charge on any atom is -0.373 e. The molecule has 0 aromatic heterocycles. The monoisotopic (exact) mass is 374 g/mol. The van der Waals surface area contributed by atoms with Crippen LogP contribution in [0.2, 0.25) is 0 Å². The number of piperazine rings is 1. The maximum Gasteiger partial charge on any atom is 0.267 e. The number of hydrogen-bond donors (Lipinski definition) is 1. The number of amides is 1. The van der Waals surface area contributed by atoms with Gasteiger partial charge in [-0.25, -0.2) is 0 Å². The second kappa shape index (κ2) is 9.09. The van der Waals surface area contributed by atoms with Gasteiger partial charge in [-0.05, 0) is 35.7 Å². The molecule has 0 radical (unpaired) electrons. The summed E-state index contributed by atoms with van der Waals surface area (Å²) in [6, 6.07) is 20.1. The fraction of sp³-hybridized carbons (Fsp3) is 0.304. The van der Waals surface area contributed by atoms with Crippen LogP contribution in [0.1, 0.15) is 25.3 Å². The van der Waals surface area contributed by atoms with Gasteiger partial charge in [0.1, 0.15) is 11.6 Å². The first kappa shape index (κ1) is 19.5. The van der Waals surface area contributed by atoms with Crippen molar-refractivity contribution in [3.05, 3.63) is 71.9 Å². The van der Waals surface area contributed by atoms with Gasteiger partial charge < -0.3 is 15.1 Å². The van der Waals surface area contributed by atoms with Crippen LogP contribution in [0.3, 0.4) is 0 Å². The van der Waals surface area contributed by atoms with Crippen LogP contribution >= 0.6 is 0 Å². The summed E-state index contributed by atoms with van der Waals surface area (Å²) in [7, 11) is 0. The molecule has 3 rings (SSSR count). The summed E-state index contributed by atoms with van der Waals surface area (Å²) in [6.07, 6.45) is 1.68. The van der Waals surface area contributed by atoms with Gasteiger partial charge in [-0.15, -0.1) is 0 Å². The van der Waals surface area contributed by atoms with Crippen LogP contribution in [0.5, 0.6) is 0 Å². The molecule has 0 bridgehead atoms. The number of nitrogens with one attached hydrogen (secondary N) is 1. The molecule has 1 fully saturated rings. The van der Waals surface area contributed by atoms with E-state index in [-0.39, 0.29) is 11.5 Å². The van der Waals surface area contributed by atoms with Crippen LogP contribution in [0.25, 0.3) is 0 Å². The van der Waals surface area contributed by atoms with Crippen LogP contribution < -0.4 is 10.2 Å². The Hall–Kier alpha value is -3.26. The van der Waals surface area contributed by atoms with Crippen LogP contribution in [-0.4, -0.2) is 37.0 Å². The van der Waals surface area contributed by atoms with E-state index in [1.165, 1.54) is 11.3 Å². The number of anilines is 2. The molecule has 5 nitrogen and oxygen atoms in total. The predicted octanol–water partition coefficient (Wildman–Crippen LogP) is 3.98. The first-order chi connectivity index (χ1) is 13.6. The van der Waals surface area contributed by atoms with E-state index in [1.54, 1.807) is 6.20 Å². The molecule has 0 unspecified atom stereocenters. The van der Waals surface area contributed by atoms with Crippen molar-refractivity contribution in [2.75, 3.05) is 36.4 Å². The molecular weight excluding hydrogens is 348 g/mol. The lowest BCUT2D eigenvalue weighted by Gasteiger charge is -2.35. The van der Waals surface area contributed by atoms with Gasteiger partial charge in [-0.1, -0.05) is 44.2 Å². The van der Waals surface area contributed by atoms with Crippen molar-refractivity contribution in [1.82, 2.24) is 4.90 Å². The van der Waals surface area contributed by atoms with E-state index in [1.807, 2.05) is 53.4 Å². The molecule has 1 amide bonds. The summed E-state index contributed by atoms with van der Waals surface area (Å²) in [6.45, 7) is 7.52. The van der Waals surface area contributed by atoms with Gasteiger partial charge in [0.25, 0.3) is 5.91 Å². The normalized spacial score (nSPS) is 14.7.